The maximum Gasteiger partial charge on any atom is 0.326 e. The number of aromatic hydroxyl groups is 1. The molecule has 0 aliphatic heterocycles. The molecule has 4 nitrogen and oxygen atoms in total. The Balaban J connectivity index is 3.11. The molecule has 0 bridgehead atoms. The van der Waals surface area contributed by atoms with Gasteiger partial charge in [0.2, 0.25) is 0 Å². The van der Waals surface area contributed by atoms with Gasteiger partial charge in [0.05, 0.1) is 10.0 Å². The van der Waals surface area contributed by atoms with Crippen LogP contribution in [0.25, 0.3) is 0 Å². The summed E-state index contributed by atoms with van der Waals surface area (Å²) in [4.78, 5) is 10.8. The van der Waals surface area contributed by atoms with Crippen molar-refractivity contribution in [3.8, 4) is 5.75 Å². The molecule has 1 atom stereocenters. The highest BCUT2D eigenvalue weighted by Gasteiger charge is 2.35. The van der Waals surface area contributed by atoms with Crippen molar-refractivity contribution in [3.63, 3.8) is 0 Å². The lowest BCUT2D eigenvalue weighted by Crippen LogP contribution is -2.52. The van der Waals surface area contributed by atoms with E-state index in [4.69, 9.17) is 34.0 Å². The smallest absolute Gasteiger partial charge is 0.326 e. The molecule has 0 radical (unpaired) electrons. The molecule has 1 unspecified atom stereocenters. The van der Waals surface area contributed by atoms with Crippen molar-refractivity contribution < 1.29 is 19.4 Å². The molecule has 94 valence electrons. The molecule has 0 spiro atoms. The second kappa shape index (κ2) is 5.08. The van der Waals surface area contributed by atoms with Crippen molar-refractivity contribution in [2.75, 3.05) is 6.67 Å². The van der Waals surface area contributed by atoms with Gasteiger partial charge in [-0.15, -0.1) is 0 Å². The predicted octanol–water partition coefficient (Wildman–Crippen LogP) is 1.99. The van der Waals surface area contributed by atoms with Gasteiger partial charge in [-0.05, 0) is 11.6 Å². The fourth-order valence-electron chi connectivity index (χ4n) is 1.24. The molecule has 0 saturated heterocycles. The molecule has 0 amide bonds. The van der Waals surface area contributed by atoms with Crippen LogP contribution in [0.5, 0.6) is 5.75 Å². The molecule has 7 heteroatoms. The predicted molar refractivity (Wildman–Crippen MR) is 62.4 cm³/mol. The third-order valence-electron chi connectivity index (χ3n) is 2.32. The monoisotopic (exact) mass is 281 g/mol. The van der Waals surface area contributed by atoms with Crippen LogP contribution in [-0.4, -0.2) is 28.4 Å². The number of phenolic OH excluding ortho intramolecular Hbond substituents is 1. The maximum absolute atomic E-state index is 12.7. The highest BCUT2D eigenvalue weighted by Crippen LogP contribution is 2.35. The van der Waals surface area contributed by atoms with Crippen molar-refractivity contribution in [3.05, 3.63) is 27.7 Å². The van der Waals surface area contributed by atoms with Gasteiger partial charge in [0.25, 0.3) is 0 Å². The zero-order chi connectivity index (χ0) is 13.2. The number of aliphatic carboxylic acids is 1. The van der Waals surface area contributed by atoms with Gasteiger partial charge in [-0.1, -0.05) is 29.3 Å². The van der Waals surface area contributed by atoms with Crippen molar-refractivity contribution in [2.45, 2.75) is 12.0 Å². The van der Waals surface area contributed by atoms with Crippen LogP contribution in [0.2, 0.25) is 10.0 Å². The van der Waals surface area contributed by atoms with Crippen LogP contribution in [0.15, 0.2) is 12.1 Å². The van der Waals surface area contributed by atoms with Gasteiger partial charge in [0.15, 0.2) is 5.75 Å². The van der Waals surface area contributed by atoms with Gasteiger partial charge in [-0.3, -0.25) is 4.79 Å². The minimum atomic E-state index is -2.07. The summed E-state index contributed by atoms with van der Waals surface area (Å²) in [5, 5.41) is 18.2. The largest absolute Gasteiger partial charge is 0.505 e. The molecule has 0 heterocycles. The average molecular weight is 282 g/mol. The van der Waals surface area contributed by atoms with E-state index in [1.807, 2.05) is 0 Å². The molecule has 4 N–H and O–H groups in total. The lowest BCUT2D eigenvalue weighted by atomic mass is 9.93. The summed E-state index contributed by atoms with van der Waals surface area (Å²) < 4.78 is 12.7. The molecule has 1 aromatic carbocycles. The van der Waals surface area contributed by atoms with Gasteiger partial charge in [0, 0.05) is 6.42 Å². The SMILES string of the molecule is NC(CF)(Cc1ccc(Cl)c(O)c1Cl)C(=O)O. The summed E-state index contributed by atoms with van der Waals surface area (Å²) in [6.45, 7) is -1.25. The first-order valence-electron chi connectivity index (χ1n) is 4.56. The molecule has 1 rings (SSSR count). The highest BCUT2D eigenvalue weighted by atomic mass is 35.5. The fraction of sp³-hybridized carbons (Fsp3) is 0.300. The Bertz CT molecular complexity index is 455. The third kappa shape index (κ3) is 2.80. The highest BCUT2D eigenvalue weighted by molar-refractivity contribution is 6.37. The Morgan fingerprint density at radius 3 is 2.53 bits per heavy atom. The Morgan fingerprint density at radius 1 is 1.47 bits per heavy atom. The summed E-state index contributed by atoms with van der Waals surface area (Å²) >= 11 is 11.4. The summed E-state index contributed by atoms with van der Waals surface area (Å²) in [5.41, 5.74) is 3.53. The fourth-order valence-corrected chi connectivity index (χ4v) is 1.68. The first-order chi connectivity index (χ1) is 7.81. The molecule has 17 heavy (non-hydrogen) atoms. The van der Waals surface area contributed by atoms with E-state index in [-0.39, 0.29) is 27.8 Å². The van der Waals surface area contributed by atoms with E-state index in [1.54, 1.807) is 0 Å². The van der Waals surface area contributed by atoms with Gasteiger partial charge < -0.3 is 15.9 Å². The van der Waals surface area contributed by atoms with E-state index >= 15 is 0 Å². The van der Waals surface area contributed by atoms with Crippen LogP contribution in [0.4, 0.5) is 4.39 Å². The van der Waals surface area contributed by atoms with Gasteiger partial charge >= 0.3 is 5.97 Å². The molecule has 0 aromatic heterocycles. The number of nitrogens with two attached hydrogens (primary N) is 1. The van der Waals surface area contributed by atoms with E-state index in [2.05, 4.69) is 0 Å². The number of phenols is 1. The Morgan fingerprint density at radius 2 is 2.06 bits per heavy atom. The van der Waals surface area contributed by atoms with Crippen molar-refractivity contribution in [2.24, 2.45) is 5.73 Å². The molecule has 0 fully saturated rings. The number of rotatable bonds is 4. The normalized spacial score (nSPS) is 14.4. The zero-order valence-electron chi connectivity index (χ0n) is 8.58. The topological polar surface area (TPSA) is 83.5 Å². The number of carboxylic acid groups (broad SMARTS) is 1. The van der Waals surface area contributed by atoms with Gasteiger partial charge in [-0.2, -0.15) is 0 Å². The van der Waals surface area contributed by atoms with E-state index in [0.29, 0.717) is 0 Å². The van der Waals surface area contributed by atoms with Crippen LogP contribution in [0.1, 0.15) is 5.56 Å². The number of carbonyl (C=O) groups is 1. The quantitative estimate of drug-likeness (QED) is 0.788. The van der Waals surface area contributed by atoms with E-state index in [1.165, 1.54) is 12.1 Å². The van der Waals surface area contributed by atoms with Crippen LogP contribution in [-0.2, 0) is 11.2 Å². The number of hydrogen-bond donors (Lipinski definition) is 3. The summed E-state index contributed by atoms with van der Waals surface area (Å²) in [7, 11) is 0. The van der Waals surface area contributed by atoms with Crippen LogP contribution in [0.3, 0.4) is 0 Å². The molecule has 0 aliphatic rings. The van der Waals surface area contributed by atoms with Crippen molar-refractivity contribution in [1.29, 1.82) is 0 Å². The zero-order valence-corrected chi connectivity index (χ0v) is 10.1. The van der Waals surface area contributed by atoms with E-state index in [0.717, 1.165) is 0 Å². The second-order valence-electron chi connectivity index (χ2n) is 3.64. The maximum atomic E-state index is 12.7. The standard InChI is InChI=1S/C10H10Cl2FNO3/c11-6-2-1-5(7(12)8(6)15)3-10(14,4-13)9(16)17/h1-2,15H,3-4,14H2,(H,16,17). The summed E-state index contributed by atoms with van der Waals surface area (Å²) in [6, 6.07) is 2.73. The van der Waals surface area contributed by atoms with Crippen LogP contribution >= 0.6 is 23.2 Å². The van der Waals surface area contributed by atoms with Crippen LogP contribution < -0.4 is 5.73 Å². The Hall–Kier alpha value is -1.04. The number of alkyl halides is 1. The molecule has 1 aromatic rings. The average Bonchev–Trinajstić information content (AvgIpc) is 2.29. The third-order valence-corrected chi connectivity index (χ3v) is 3.04. The minimum Gasteiger partial charge on any atom is -0.505 e. The van der Waals surface area contributed by atoms with Crippen LogP contribution in [0, 0.1) is 0 Å². The molecule has 0 aliphatic carbocycles. The number of hydrogen-bond acceptors (Lipinski definition) is 3. The van der Waals surface area contributed by atoms with Crippen molar-refractivity contribution >= 4 is 29.2 Å². The number of halogens is 3. The van der Waals surface area contributed by atoms with Gasteiger partial charge in [-0.25, -0.2) is 4.39 Å². The molecular weight excluding hydrogens is 272 g/mol. The summed E-state index contributed by atoms with van der Waals surface area (Å²) in [6.07, 6.45) is -0.345. The Labute approximate surface area is 107 Å². The number of carboxylic acids is 1. The van der Waals surface area contributed by atoms with E-state index < -0.39 is 18.2 Å². The first kappa shape index (κ1) is 14.0. The van der Waals surface area contributed by atoms with Crippen molar-refractivity contribution in [1.82, 2.24) is 0 Å². The second-order valence-corrected chi connectivity index (χ2v) is 4.43. The molecule has 0 saturated carbocycles. The number of benzene rings is 1. The summed E-state index contributed by atoms with van der Waals surface area (Å²) in [5.74, 6) is -1.86. The molecular formula is C10H10Cl2FNO3. The lowest BCUT2D eigenvalue weighted by molar-refractivity contribution is -0.143. The van der Waals surface area contributed by atoms with E-state index in [9.17, 15) is 14.3 Å². The lowest BCUT2D eigenvalue weighted by Gasteiger charge is -2.21. The van der Waals surface area contributed by atoms with Gasteiger partial charge in [0.1, 0.15) is 12.2 Å². The Kier molecular flexibility index (Phi) is 4.19. The minimum absolute atomic E-state index is 0.0249. The first-order valence-corrected chi connectivity index (χ1v) is 5.31.